The number of carbonyl (C=O) groups excluding carboxylic acids is 1. The van der Waals surface area contributed by atoms with Crippen molar-refractivity contribution in [1.29, 1.82) is 0 Å². The number of hydrogen-bond donors (Lipinski definition) is 2. The number of nitrogens with one attached hydrogen (secondary N) is 1. The van der Waals surface area contributed by atoms with E-state index in [1.54, 1.807) is 0 Å². The smallest absolute Gasteiger partial charge is 0.306 e. The zero-order chi connectivity index (χ0) is 13.0. The predicted octanol–water partition coefficient (Wildman–Crippen LogP) is 2.18. The van der Waals surface area contributed by atoms with E-state index in [2.05, 4.69) is 5.32 Å². The monoisotopic (exact) mass is 253 g/mol. The molecule has 0 aromatic heterocycles. The highest BCUT2D eigenvalue weighted by molar-refractivity contribution is 5.80. The summed E-state index contributed by atoms with van der Waals surface area (Å²) in [5.41, 5.74) is 0. The molecule has 4 heteroatoms. The van der Waals surface area contributed by atoms with Crippen molar-refractivity contribution in [3.05, 3.63) is 0 Å². The standard InChI is InChI=1S/C14H23NO3/c16-13(11-6-7-12(8-11)14(17)18)15-9-10-4-2-1-3-5-10/h10-12H,1-9H2,(H,15,16)(H,17,18). The molecule has 2 rings (SSSR count). The largest absolute Gasteiger partial charge is 0.481 e. The topological polar surface area (TPSA) is 66.4 Å². The molecule has 1 amide bonds. The van der Waals surface area contributed by atoms with Gasteiger partial charge in [-0.25, -0.2) is 0 Å². The number of carbonyl (C=O) groups is 2. The average Bonchev–Trinajstić information content (AvgIpc) is 2.87. The molecule has 0 radical (unpaired) electrons. The molecule has 18 heavy (non-hydrogen) atoms. The molecule has 2 aliphatic rings. The van der Waals surface area contributed by atoms with Crippen molar-refractivity contribution in [2.75, 3.05) is 6.54 Å². The van der Waals surface area contributed by atoms with Crippen LogP contribution < -0.4 is 5.32 Å². The molecule has 0 aromatic carbocycles. The van der Waals surface area contributed by atoms with Gasteiger partial charge in [0.2, 0.25) is 5.91 Å². The van der Waals surface area contributed by atoms with Crippen LogP contribution in [0.4, 0.5) is 0 Å². The third-order valence-corrected chi connectivity index (χ3v) is 4.44. The van der Waals surface area contributed by atoms with Crippen LogP contribution in [-0.2, 0) is 9.59 Å². The summed E-state index contributed by atoms with van der Waals surface area (Å²) in [4.78, 5) is 22.8. The number of amides is 1. The lowest BCUT2D eigenvalue weighted by Crippen LogP contribution is -2.34. The van der Waals surface area contributed by atoms with Crippen LogP contribution in [0.2, 0.25) is 0 Å². The van der Waals surface area contributed by atoms with Crippen molar-refractivity contribution in [1.82, 2.24) is 5.32 Å². The molecule has 2 saturated carbocycles. The maximum Gasteiger partial charge on any atom is 0.306 e. The highest BCUT2D eigenvalue weighted by Gasteiger charge is 2.33. The molecule has 0 saturated heterocycles. The average molecular weight is 253 g/mol. The van der Waals surface area contributed by atoms with Crippen molar-refractivity contribution >= 4 is 11.9 Å². The Bertz CT molecular complexity index is 310. The molecule has 2 atom stereocenters. The predicted molar refractivity (Wildman–Crippen MR) is 68.1 cm³/mol. The van der Waals surface area contributed by atoms with Gasteiger partial charge in [0.25, 0.3) is 0 Å². The lowest BCUT2D eigenvalue weighted by atomic mass is 9.89. The van der Waals surface area contributed by atoms with Crippen LogP contribution in [0.3, 0.4) is 0 Å². The van der Waals surface area contributed by atoms with E-state index in [-0.39, 0.29) is 17.7 Å². The molecule has 0 spiro atoms. The number of hydrogen-bond acceptors (Lipinski definition) is 2. The first-order valence-electron chi connectivity index (χ1n) is 7.17. The third kappa shape index (κ3) is 3.47. The van der Waals surface area contributed by atoms with E-state index in [0.29, 0.717) is 18.8 Å². The van der Waals surface area contributed by atoms with Crippen LogP contribution in [0.5, 0.6) is 0 Å². The summed E-state index contributed by atoms with van der Waals surface area (Å²) in [5.74, 6) is -0.425. The van der Waals surface area contributed by atoms with Gasteiger partial charge >= 0.3 is 5.97 Å². The molecule has 2 unspecified atom stereocenters. The van der Waals surface area contributed by atoms with E-state index < -0.39 is 5.97 Å². The van der Waals surface area contributed by atoms with Crippen LogP contribution in [0.15, 0.2) is 0 Å². The molecule has 2 fully saturated rings. The quantitative estimate of drug-likeness (QED) is 0.807. The van der Waals surface area contributed by atoms with Gasteiger partial charge in [0.1, 0.15) is 0 Å². The van der Waals surface area contributed by atoms with Crippen LogP contribution >= 0.6 is 0 Å². The van der Waals surface area contributed by atoms with Gasteiger partial charge in [0.05, 0.1) is 5.92 Å². The summed E-state index contributed by atoms with van der Waals surface area (Å²) >= 11 is 0. The van der Waals surface area contributed by atoms with Crippen LogP contribution in [0.1, 0.15) is 51.4 Å². The van der Waals surface area contributed by atoms with E-state index >= 15 is 0 Å². The molecule has 102 valence electrons. The summed E-state index contributed by atoms with van der Waals surface area (Å²) in [7, 11) is 0. The Morgan fingerprint density at radius 3 is 2.28 bits per heavy atom. The molecule has 2 N–H and O–H groups in total. The van der Waals surface area contributed by atoms with Gasteiger partial charge < -0.3 is 10.4 Å². The molecule has 0 heterocycles. The van der Waals surface area contributed by atoms with Crippen molar-refractivity contribution in [3.63, 3.8) is 0 Å². The van der Waals surface area contributed by atoms with Gasteiger partial charge in [0.15, 0.2) is 0 Å². The van der Waals surface area contributed by atoms with Gasteiger partial charge in [-0.2, -0.15) is 0 Å². The van der Waals surface area contributed by atoms with Crippen LogP contribution in [0, 0.1) is 17.8 Å². The Hall–Kier alpha value is -1.06. The van der Waals surface area contributed by atoms with Crippen molar-refractivity contribution < 1.29 is 14.7 Å². The van der Waals surface area contributed by atoms with Gasteiger partial charge in [-0.1, -0.05) is 19.3 Å². The second-order valence-electron chi connectivity index (χ2n) is 5.79. The van der Waals surface area contributed by atoms with Gasteiger partial charge in [0, 0.05) is 12.5 Å². The summed E-state index contributed by atoms with van der Waals surface area (Å²) in [6.07, 6.45) is 8.24. The Kier molecular flexibility index (Phi) is 4.61. The fraction of sp³-hybridized carbons (Fsp3) is 0.857. The lowest BCUT2D eigenvalue weighted by Gasteiger charge is -2.22. The van der Waals surface area contributed by atoms with E-state index in [1.807, 2.05) is 0 Å². The van der Waals surface area contributed by atoms with Crippen molar-refractivity contribution in [2.45, 2.75) is 51.4 Å². The highest BCUT2D eigenvalue weighted by atomic mass is 16.4. The number of rotatable bonds is 4. The van der Waals surface area contributed by atoms with Crippen molar-refractivity contribution in [3.8, 4) is 0 Å². The second-order valence-corrected chi connectivity index (χ2v) is 5.79. The first-order valence-corrected chi connectivity index (χ1v) is 7.17. The molecular formula is C14H23NO3. The Morgan fingerprint density at radius 2 is 1.67 bits per heavy atom. The first-order chi connectivity index (χ1) is 8.66. The minimum Gasteiger partial charge on any atom is -0.481 e. The first kappa shape index (κ1) is 13.4. The SMILES string of the molecule is O=C(O)C1CCC(C(=O)NCC2CCCCC2)C1. The Balaban J connectivity index is 1.70. The second kappa shape index (κ2) is 6.21. The summed E-state index contributed by atoms with van der Waals surface area (Å²) in [6.45, 7) is 0.785. The van der Waals surface area contributed by atoms with Gasteiger partial charge in [-0.15, -0.1) is 0 Å². The Morgan fingerprint density at radius 1 is 1.00 bits per heavy atom. The molecule has 4 nitrogen and oxygen atoms in total. The molecule has 2 aliphatic carbocycles. The lowest BCUT2D eigenvalue weighted by molar-refractivity contribution is -0.141. The summed E-state index contributed by atoms with van der Waals surface area (Å²) in [5, 5.41) is 11.9. The number of carboxylic acids is 1. The molecule has 0 bridgehead atoms. The minimum atomic E-state index is -0.752. The van der Waals surface area contributed by atoms with Crippen LogP contribution in [0.25, 0.3) is 0 Å². The van der Waals surface area contributed by atoms with Crippen LogP contribution in [-0.4, -0.2) is 23.5 Å². The highest BCUT2D eigenvalue weighted by Crippen LogP contribution is 2.31. The van der Waals surface area contributed by atoms with Gasteiger partial charge in [-0.3, -0.25) is 9.59 Å². The summed E-state index contributed by atoms with van der Waals surface area (Å²) in [6, 6.07) is 0. The van der Waals surface area contributed by atoms with E-state index in [0.717, 1.165) is 13.0 Å². The third-order valence-electron chi connectivity index (χ3n) is 4.44. The molecular weight excluding hydrogens is 230 g/mol. The van der Waals surface area contributed by atoms with E-state index in [1.165, 1.54) is 32.1 Å². The Labute approximate surface area is 108 Å². The van der Waals surface area contributed by atoms with E-state index in [4.69, 9.17) is 5.11 Å². The van der Waals surface area contributed by atoms with Crippen molar-refractivity contribution in [2.24, 2.45) is 17.8 Å². The van der Waals surface area contributed by atoms with E-state index in [9.17, 15) is 9.59 Å². The normalized spacial score (nSPS) is 29.1. The summed E-state index contributed by atoms with van der Waals surface area (Å²) < 4.78 is 0. The zero-order valence-corrected chi connectivity index (χ0v) is 10.9. The fourth-order valence-corrected chi connectivity index (χ4v) is 3.22. The number of aliphatic carboxylic acids is 1. The maximum atomic E-state index is 12.0. The molecule has 0 aromatic rings. The number of carboxylic acid groups (broad SMARTS) is 1. The molecule has 0 aliphatic heterocycles. The maximum absolute atomic E-state index is 12.0. The minimum absolute atomic E-state index is 0.0734. The zero-order valence-electron chi connectivity index (χ0n) is 10.9. The van der Waals surface area contributed by atoms with Gasteiger partial charge in [-0.05, 0) is 38.0 Å². The fourth-order valence-electron chi connectivity index (χ4n) is 3.22.